The zero-order valence-corrected chi connectivity index (χ0v) is 8.59. The predicted molar refractivity (Wildman–Crippen MR) is 51.1 cm³/mol. The summed E-state index contributed by atoms with van der Waals surface area (Å²) in [6.07, 6.45) is 0. The smallest absolute Gasteiger partial charge is 0.135 e. The van der Waals surface area contributed by atoms with Gasteiger partial charge in [0.25, 0.3) is 0 Å². The lowest BCUT2D eigenvalue weighted by molar-refractivity contribution is 0.0757. The molecule has 0 spiro atoms. The van der Waals surface area contributed by atoms with Gasteiger partial charge in [-0.2, -0.15) is 0 Å². The lowest BCUT2D eigenvalue weighted by Crippen LogP contribution is -2.15. The lowest BCUT2D eigenvalue weighted by Gasteiger charge is -2.19. The Bertz CT molecular complexity index is 289. The minimum Gasteiger partial charge on any atom is -0.506 e. The van der Waals surface area contributed by atoms with Crippen LogP contribution in [0.2, 0.25) is 0 Å². The summed E-state index contributed by atoms with van der Waals surface area (Å²) in [5.74, 6) is 0.102. The summed E-state index contributed by atoms with van der Waals surface area (Å²) in [6.45, 7) is 3.27. The Morgan fingerprint density at radius 3 is 2.33 bits per heavy atom. The van der Waals surface area contributed by atoms with Gasteiger partial charge in [0.1, 0.15) is 5.75 Å². The van der Waals surface area contributed by atoms with Crippen LogP contribution in [0.1, 0.15) is 19.4 Å². The van der Waals surface area contributed by atoms with Crippen LogP contribution in [0.3, 0.4) is 0 Å². The van der Waals surface area contributed by atoms with Crippen molar-refractivity contribution in [3.63, 3.8) is 0 Å². The van der Waals surface area contributed by atoms with Crippen molar-refractivity contribution in [1.82, 2.24) is 0 Å². The van der Waals surface area contributed by atoms with Crippen molar-refractivity contribution in [2.45, 2.75) is 19.4 Å². The van der Waals surface area contributed by atoms with Gasteiger partial charge in [-0.05, 0) is 35.8 Å². The van der Waals surface area contributed by atoms with Gasteiger partial charge in [0.2, 0.25) is 0 Å². The molecule has 1 rings (SSSR count). The zero-order valence-electron chi connectivity index (χ0n) is 7.00. The van der Waals surface area contributed by atoms with Gasteiger partial charge in [-0.25, -0.2) is 0 Å². The highest BCUT2D eigenvalue weighted by atomic mass is 79.9. The number of aliphatic hydroxyl groups is 1. The largest absolute Gasteiger partial charge is 0.506 e. The first-order chi connectivity index (χ1) is 5.43. The Kier molecular flexibility index (Phi) is 2.44. The minimum absolute atomic E-state index is 0.102. The second kappa shape index (κ2) is 3.07. The maximum Gasteiger partial charge on any atom is 0.135 e. The average molecular weight is 231 g/mol. The summed E-state index contributed by atoms with van der Waals surface area (Å²) in [7, 11) is 0. The number of phenols is 1. The molecular formula is C9H11BrO2. The molecule has 0 saturated heterocycles. The Morgan fingerprint density at radius 2 is 1.92 bits per heavy atom. The van der Waals surface area contributed by atoms with Gasteiger partial charge < -0.3 is 10.2 Å². The molecule has 0 aliphatic carbocycles. The number of rotatable bonds is 1. The summed E-state index contributed by atoms with van der Waals surface area (Å²) in [4.78, 5) is 0. The van der Waals surface area contributed by atoms with Crippen LogP contribution in [0, 0.1) is 0 Å². The van der Waals surface area contributed by atoms with E-state index < -0.39 is 5.60 Å². The first-order valence-corrected chi connectivity index (χ1v) is 4.42. The molecule has 0 aromatic heterocycles. The molecule has 0 aliphatic rings. The average Bonchev–Trinajstić information content (AvgIpc) is 1.92. The van der Waals surface area contributed by atoms with Crippen molar-refractivity contribution in [1.29, 1.82) is 0 Å². The number of phenolic OH excluding ortho intramolecular Hbond substituents is 1. The number of hydrogen-bond acceptors (Lipinski definition) is 2. The van der Waals surface area contributed by atoms with Crippen LogP contribution in [0.25, 0.3) is 0 Å². The highest BCUT2D eigenvalue weighted by Crippen LogP contribution is 2.34. The third-order valence-corrected chi connectivity index (χ3v) is 2.29. The van der Waals surface area contributed by atoms with Crippen LogP contribution in [0.15, 0.2) is 22.7 Å². The summed E-state index contributed by atoms with van der Waals surface area (Å²) < 4.78 is 0.599. The number of halogens is 1. The fraction of sp³-hybridized carbons (Fsp3) is 0.333. The summed E-state index contributed by atoms with van der Waals surface area (Å²) in [5.41, 5.74) is -0.481. The monoisotopic (exact) mass is 230 g/mol. The number of para-hydroxylation sites is 1. The number of hydrogen-bond donors (Lipinski definition) is 2. The van der Waals surface area contributed by atoms with Crippen LogP contribution in [0.5, 0.6) is 5.75 Å². The maximum absolute atomic E-state index is 9.61. The Morgan fingerprint density at radius 1 is 1.33 bits per heavy atom. The molecule has 0 bridgehead atoms. The van der Waals surface area contributed by atoms with Crippen LogP contribution >= 0.6 is 15.9 Å². The molecule has 0 amide bonds. The van der Waals surface area contributed by atoms with Crippen LogP contribution in [-0.2, 0) is 5.60 Å². The fourth-order valence-electron chi connectivity index (χ4n) is 1.01. The van der Waals surface area contributed by atoms with Gasteiger partial charge in [-0.1, -0.05) is 12.1 Å². The quantitative estimate of drug-likeness (QED) is 0.778. The molecule has 12 heavy (non-hydrogen) atoms. The Balaban J connectivity index is 3.26. The predicted octanol–water partition coefficient (Wildman–Crippen LogP) is 2.38. The standard InChI is InChI=1S/C9H11BrO2/c1-9(2,12)6-4-3-5-7(10)8(6)11/h3-5,11-12H,1-2H3. The van der Waals surface area contributed by atoms with Gasteiger partial charge in [-0.3, -0.25) is 0 Å². The van der Waals surface area contributed by atoms with Crippen molar-refractivity contribution in [3.8, 4) is 5.75 Å². The molecule has 2 N–H and O–H groups in total. The van der Waals surface area contributed by atoms with Gasteiger partial charge in [0, 0.05) is 5.56 Å². The van der Waals surface area contributed by atoms with Crippen molar-refractivity contribution in [3.05, 3.63) is 28.2 Å². The number of benzene rings is 1. The molecule has 1 aromatic rings. The lowest BCUT2D eigenvalue weighted by atomic mass is 9.98. The SMILES string of the molecule is CC(C)(O)c1cccc(Br)c1O. The van der Waals surface area contributed by atoms with Crippen molar-refractivity contribution < 1.29 is 10.2 Å². The molecule has 66 valence electrons. The summed E-state index contributed by atoms with van der Waals surface area (Å²) in [5, 5.41) is 19.1. The molecule has 1 aromatic carbocycles. The molecule has 3 heteroatoms. The highest BCUT2D eigenvalue weighted by molar-refractivity contribution is 9.10. The van der Waals surface area contributed by atoms with E-state index in [1.54, 1.807) is 32.0 Å². The second-order valence-corrected chi connectivity index (χ2v) is 4.05. The minimum atomic E-state index is -1.01. The Labute approximate surface area is 80.0 Å². The van der Waals surface area contributed by atoms with E-state index in [4.69, 9.17) is 0 Å². The van der Waals surface area contributed by atoms with E-state index in [1.807, 2.05) is 0 Å². The molecule has 0 heterocycles. The van der Waals surface area contributed by atoms with E-state index in [0.29, 0.717) is 10.0 Å². The maximum atomic E-state index is 9.61. The van der Waals surface area contributed by atoms with E-state index in [2.05, 4.69) is 15.9 Å². The van der Waals surface area contributed by atoms with E-state index >= 15 is 0 Å². The van der Waals surface area contributed by atoms with Gasteiger partial charge >= 0.3 is 0 Å². The van der Waals surface area contributed by atoms with Crippen molar-refractivity contribution in [2.75, 3.05) is 0 Å². The first kappa shape index (κ1) is 9.55. The van der Waals surface area contributed by atoms with Crippen LogP contribution in [-0.4, -0.2) is 10.2 Å². The second-order valence-electron chi connectivity index (χ2n) is 3.20. The highest BCUT2D eigenvalue weighted by Gasteiger charge is 2.20. The molecule has 0 aliphatic heterocycles. The van der Waals surface area contributed by atoms with Crippen molar-refractivity contribution >= 4 is 15.9 Å². The fourth-order valence-corrected chi connectivity index (χ4v) is 1.38. The Hall–Kier alpha value is -0.540. The first-order valence-electron chi connectivity index (χ1n) is 3.63. The molecule has 0 atom stereocenters. The summed E-state index contributed by atoms with van der Waals surface area (Å²) in [6, 6.07) is 5.20. The normalized spacial score (nSPS) is 11.7. The third-order valence-electron chi connectivity index (χ3n) is 1.65. The summed E-state index contributed by atoms with van der Waals surface area (Å²) >= 11 is 3.18. The van der Waals surface area contributed by atoms with Gasteiger partial charge in [-0.15, -0.1) is 0 Å². The third kappa shape index (κ3) is 1.79. The van der Waals surface area contributed by atoms with Gasteiger partial charge in [0.15, 0.2) is 0 Å². The van der Waals surface area contributed by atoms with Gasteiger partial charge in [0.05, 0.1) is 10.1 Å². The van der Waals surface area contributed by atoms with E-state index in [-0.39, 0.29) is 5.75 Å². The van der Waals surface area contributed by atoms with E-state index in [0.717, 1.165) is 0 Å². The van der Waals surface area contributed by atoms with E-state index in [9.17, 15) is 10.2 Å². The molecule has 0 radical (unpaired) electrons. The van der Waals surface area contributed by atoms with Crippen LogP contribution < -0.4 is 0 Å². The van der Waals surface area contributed by atoms with Crippen molar-refractivity contribution in [2.24, 2.45) is 0 Å². The number of aromatic hydroxyl groups is 1. The molecule has 0 saturated carbocycles. The van der Waals surface area contributed by atoms with E-state index in [1.165, 1.54) is 0 Å². The molecule has 0 unspecified atom stereocenters. The topological polar surface area (TPSA) is 40.5 Å². The molecule has 2 nitrogen and oxygen atoms in total. The molecular weight excluding hydrogens is 220 g/mol. The molecule has 0 fully saturated rings. The van der Waals surface area contributed by atoms with Crippen LogP contribution in [0.4, 0.5) is 0 Å². The zero-order chi connectivity index (χ0) is 9.35.